The summed E-state index contributed by atoms with van der Waals surface area (Å²) < 4.78 is 2.15. The molecule has 0 bridgehead atoms. The molecular formula is C24H32N4OS2. The summed E-state index contributed by atoms with van der Waals surface area (Å²) in [6.07, 6.45) is 5.00. The van der Waals surface area contributed by atoms with Gasteiger partial charge < -0.3 is 9.88 Å². The number of aryl methyl sites for hydroxylation is 3. The van der Waals surface area contributed by atoms with Crippen molar-refractivity contribution in [3.8, 4) is 11.4 Å². The molecule has 3 aromatic rings. The first kappa shape index (κ1) is 23.5. The molecule has 7 heteroatoms. The average Bonchev–Trinajstić information content (AvgIpc) is 3.40. The third-order valence-electron chi connectivity index (χ3n) is 5.17. The van der Waals surface area contributed by atoms with Gasteiger partial charge in [0.25, 0.3) is 0 Å². The Bertz CT molecular complexity index is 987. The van der Waals surface area contributed by atoms with Crippen molar-refractivity contribution in [2.45, 2.75) is 71.5 Å². The summed E-state index contributed by atoms with van der Waals surface area (Å²) in [4.78, 5) is 14.1. The third kappa shape index (κ3) is 5.77. The summed E-state index contributed by atoms with van der Waals surface area (Å²) in [5, 5.41) is 15.0. The Balaban J connectivity index is 1.73. The Labute approximate surface area is 193 Å². The lowest BCUT2D eigenvalue weighted by Gasteiger charge is -2.14. The molecule has 0 radical (unpaired) electrons. The van der Waals surface area contributed by atoms with Gasteiger partial charge in [0.15, 0.2) is 11.0 Å². The highest BCUT2D eigenvalue weighted by Gasteiger charge is 2.17. The molecule has 0 aliphatic heterocycles. The van der Waals surface area contributed by atoms with Crippen LogP contribution in [0.15, 0.2) is 34.8 Å². The van der Waals surface area contributed by atoms with E-state index in [-0.39, 0.29) is 5.91 Å². The lowest BCUT2D eigenvalue weighted by Crippen LogP contribution is -2.17. The van der Waals surface area contributed by atoms with Crippen molar-refractivity contribution in [1.82, 2.24) is 14.8 Å². The van der Waals surface area contributed by atoms with Crippen LogP contribution in [0.1, 0.15) is 56.5 Å². The number of anilines is 1. The fourth-order valence-corrected chi connectivity index (χ4v) is 5.35. The van der Waals surface area contributed by atoms with Crippen LogP contribution >= 0.6 is 23.1 Å². The standard InChI is InChI=1S/C24H32N4OS2/c1-5-10-20-14-19(15-30-20)23-26-27-24(28(23)13-6-2)31-16-21(29)25-22-17(7-3)11-9-12-18(22)8-4/h9,11-12,14-15H,5-8,10,13,16H2,1-4H3,(H,25,29). The van der Waals surface area contributed by atoms with E-state index in [2.05, 4.69) is 77.4 Å². The smallest absolute Gasteiger partial charge is 0.234 e. The normalized spacial score (nSPS) is 11.1. The number of nitrogens with zero attached hydrogens (tertiary/aromatic N) is 3. The van der Waals surface area contributed by atoms with Crippen molar-refractivity contribution in [2.75, 3.05) is 11.1 Å². The number of hydrogen-bond donors (Lipinski definition) is 1. The molecular weight excluding hydrogens is 424 g/mol. The second kappa shape index (κ2) is 11.5. The SMILES string of the molecule is CCCc1cc(-c2nnc(SCC(=O)Nc3c(CC)cccc3CC)n2CCC)cs1. The summed E-state index contributed by atoms with van der Waals surface area (Å²) in [7, 11) is 0. The van der Waals surface area contributed by atoms with Crippen LogP contribution in [-0.4, -0.2) is 26.4 Å². The van der Waals surface area contributed by atoms with Gasteiger partial charge in [-0.25, -0.2) is 0 Å². The molecule has 0 aliphatic carbocycles. The Morgan fingerprint density at radius 3 is 2.48 bits per heavy atom. The van der Waals surface area contributed by atoms with Crippen LogP contribution in [0.5, 0.6) is 0 Å². The zero-order valence-electron chi connectivity index (χ0n) is 18.9. The van der Waals surface area contributed by atoms with Gasteiger partial charge in [-0.05, 0) is 42.9 Å². The molecule has 0 spiro atoms. The van der Waals surface area contributed by atoms with E-state index in [1.54, 1.807) is 11.3 Å². The van der Waals surface area contributed by atoms with Crippen molar-refractivity contribution in [1.29, 1.82) is 0 Å². The van der Waals surface area contributed by atoms with E-state index < -0.39 is 0 Å². The van der Waals surface area contributed by atoms with Gasteiger partial charge in [-0.2, -0.15) is 0 Å². The summed E-state index contributed by atoms with van der Waals surface area (Å²) in [5.74, 6) is 1.20. The number of carbonyl (C=O) groups excluding carboxylic acids is 1. The first-order valence-electron chi connectivity index (χ1n) is 11.2. The van der Waals surface area contributed by atoms with Crippen LogP contribution in [0, 0.1) is 0 Å². The average molecular weight is 457 g/mol. The lowest BCUT2D eigenvalue weighted by atomic mass is 10.0. The number of rotatable bonds is 11. The molecule has 166 valence electrons. The first-order valence-corrected chi connectivity index (χ1v) is 13.0. The van der Waals surface area contributed by atoms with Crippen molar-refractivity contribution >= 4 is 34.7 Å². The van der Waals surface area contributed by atoms with Gasteiger partial charge in [0.05, 0.1) is 5.75 Å². The fraction of sp³-hybridized carbons (Fsp3) is 0.458. The molecule has 0 saturated carbocycles. The van der Waals surface area contributed by atoms with Gasteiger partial charge in [-0.1, -0.05) is 64.1 Å². The number of carbonyl (C=O) groups is 1. The van der Waals surface area contributed by atoms with Crippen LogP contribution < -0.4 is 5.32 Å². The van der Waals surface area contributed by atoms with Crippen LogP contribution in [0.2, 0.25) is 0 Å². The van der Waals surface area contributed by atoms with Crippen LogP contribution in [0.25, 0.3) is 11.4 Å². The second-order valence-electron chi connectivity index (χ2n) is 7.50. The van der Waals surface area contributed by atoms with Crippen LogP contribution in [0.3, 0.4) is 0 Å². The summed E-state index contributed by atoms with van der Waals surface area (Å²) in [6, 6.07) is 8.45. The van der Waals surface area contributed by atoms with Crippen LogP contribution in [0.4, 0.5) is 5.69 Å². The van der Waals surface area contributed by atoms with Gasteiger partial charge in [0.1, 0.15) is 0 Å². The number of hydrogen-bond acceptors (Lipinski definition) is 5. The molecule has 31 heavy (non-hydrogen) atoms. The Morgan fingerprint density at radius 2 is 1.84 bits per heavy atom. The van der Waals surface area contributed by atoms with Crippen LogP contribution in [-0.2, 0) is 30.6 Å². The number of thiophene rings is 1. The Hall–Kier alpha value is -2.12. The maximum atomic E-state index is 12.8. The number of benzene rings is 1. The minimum atomic E-state index is -0.00559. The molecule has 3 rings (SSSR count). The molecule has 1 aromatic carbocycles. The van der Waals surface area contributed by atoms with Crippen molar-refractivity contribution in [3.63, 3.8) is 0 Å². The number of nitrogens with one attached hydrogen (secondary N) is 1. The maximum absolute atomic E-state index is 12.8. The summed E-state index contributed by atoms with van der Waals surface area (Å²) in [5.41, 5.74) is 4.44. The number of para-hydroxylation sites is 1. The van der Waals surface area contributed by atoms with E-state index >= 15 is 0 Å². The predicted octanol–water partition coefficient (Wildman–Crippen LogP) is 6.22. The second-order valence-corrected chi connectivity index (χ2v) is 9.44. The summed E-state index contributed by atoms with van der Waals surface area (Å²) >= 11 is 3.23. The van der Waals surface area contributed by atoms with E-state index in [0.717, 1.165) is 60.9 Å². The van der Waals surface area contributed by atoms with Crippen molar-refractivity contribution < 1.29 is 4.79 Å². The van der Waals surface area contributed by atoms with E-state index in [1.165, 1.54) is 27.8 Å². The first-order chi connectivity index (χ1) is 15.1. The van der Waals surface area contributed by atoms with E-state index in [0.29, 0.717) is 5.75 Å². The maximum Gasteiger partial charge on any atom is 0.234 e. The predicted molar refractivity (Wildman–Crippen MR) is 132 cm³/mol. The monoisotopic (exact) mass is 456 g/mol. The molecule has 2 heterocycles. The number of thioether (sulfide) groups is 1. The molecule has 0 aliphatic rings. The number of amides is 1. The van der Waals surface area contributed by atoms with Crippen molar-refractivity contribution in [2.24, 2.45) is 0 Å². The minimum absolute atomic E-state index is 0.00559. The highest BCUT2D eigenvalue weighted by Crippen LogP contribution is 2.29. The minimum Gasteiger partial charge on any atom is -0.325 e. The fourth-order valence-electron chi connectivity index (χ4n) is 3.62. The molecule has 5 nitrogen and oxygen atoms in total. The van der Waals surface area contributed by atoms with E-state index in [9.17, 15) is 4.79 Å². The van der Waals surface area contributed by atoms with Gasteiger partial charge >= 0.3 is 0 Å². The van der Waals surface area contributed by atoms with E-state index in [4.69, 9.17) is 0 Å². The largest absolute Gasteiger partial charge is 0.325 e. The van der Waals surface area contributed by atoms with Gasteiger partial charge in [0.2, 0.25) is 5.91 Å². The zero-order valence-corrected chi connectivity index (χ0v) is 20.5. The molecule has 0 unspecified atom stereocenters. The molecule has 0 atom stereocenters. The quantitative estimate of drug-likeness (QED) is 0.348. The third-order valence-corrected chi connectivity index (χ3v) is 7.13. The lowest BCUT2D eigenvalue weighted by molar-refractivity contribution is -0.113. The molecule has 0 fully saturated rings. The van der Waals surface area contributed by atoms with Gasteiger partial charge in [-0.15, -0.1) is 21.5 Å². The Kier molecular flexibility index (Phi) is 8.72. The highest BCUT2D eigenvalue weighted by atomic mass is 32.2. The zero-order chi connectivity index (χ0) is 22.2. The van der Waals surface area contributed by atoms with Gasteiger partial charge in [0, 0.05) is 28.1 Å². The molecule has 0 saturated heterocycles. The van der Waals surface area contributed by atoms with E-state index in [1.807, 2.05) is 0 Å². The topological polar surface area (TPSA) is 59.8 Å². The molecule has 2 aromatic heterocycles. The Morgan fingerprint density at radius 1 is 1.10 bits per heavy atom. The summed E-state index contributed by atoms with van der Waals surface area (Å²) in [6.45, 7) is 9.41. The molecule has 1 N–H and O–H groups in total. The highest BCUT2D eigenvalue weighted by molar-refractivity contribution is 7.99. The number of aromatic nitrogens is 3. The molecule has 1 amide bonds. The van der Waals surface area contributed by atoms with Gasteiger partial charge in [-0.3, -0.25) is 4.79 Å². The van der Waals surface area contributed by atoms with Crippen molar-refractivity contribution in [3.05, 3.63) is 45.6 Å².